The van der Waals surface area contributed by atoms with Crippen LogP contribution in [0.5, 0.6) is 0 Å². The Morgan fingerprint density at radius 3 is 2.87 bits per heavy atom. The zero-order valence-electron chi connectivity index (χ0n) is 9.04. The smallest absolute Gasteiger partial charge is 0.0410 e. The second-order valence-corrected chi connectivity index (χ2v) is 5.22. The summed E-state index contributed by atoms with van der Waals surface area (Å²) in [4.78, 5) is 4.20. The highest BCUT2D eigenvalue weighted by Gasteiger charge is 2.26. The monoisotopic (exact) mass is 268 g/mol. The number of aromatic nitrogens is 1. The number of nitrogens with zero attached hydrogens (tertiary/aromatic N) is 1. The van der Waals surface area contributed by atoms with Gasteiger partial charge in [-0.1, -0.05) is 6.42 Å². The fraction of sp³-hybridized carbons (Fsp3) is 0.583. The van der Waals surface area contributed by atoms with Crippen molar-refractivity contribution in [1.29, 1.82) is 0 Å². The van der Waals surface area contributed by atoms with Crippen LogP contribution in [0, 0.1) is 5.92 Å². The minimum absolute atomic E-state index is 0.620. The van der Waals surface area contributed by atoms with Crippen molar-refractivity contribution in [3.05, 3.63) is 28.5 Å². The molecular weight excluding hydrogens is 252 g/mol. The number of rotatable bonds is 4. The Kier molecular flexibility index (Phi) is 3.76. The van der Waals surface area contributed by atoms with Gasteiger partial charge in [0.25, 0.3) is 0 Å². The molecule has 1 N–H and O–H groups in total. The molecule has 15 heavy (non-hydrogen) atoms. The minimum Gasteiger partial charge on any atom is -0.316 e. The Balaban J connectivity index is 1.99. The highest BCUT2D eigenvalue weighted by Crippen LogP contribution is 2.31. The second kappa shape index (κ2) is 5.08. The van der Waals surface area contributed by atoms with Crippen LogP contribution in [-0.2, 0) is 6.42 Å². The molecule has 1 unspecified atom stereocenters. The van der Waals surface area contributed by atoms with Gasteiger partial charge in [0.15, 0.2) is 0 Å². The Hall–Kier alpha value is -0.410. The molecule has 0 spiro atoms. The van der Waals surface area contributed by atoms with E-state index in [0.717, 1.165) is 16.8 Å². The van der Waals surface area contributed by atoms with Gasteiger partial charge in [-0.05, 0) is 59.8 Å². The standard InChI is InChI=1S/C12H17BrN2/c1-14-12(10-3-2-4-10)6-9-5-11(13)8-15-7-9/h5,7-8,10,12,14H,2-4,6H2,1H3. The molecule has 1 saturated carbocycles. The summed E-state index contributed by atoms with van der Waals surface area (Å²) in [5.74, 6) is 0.869. The van der Waals surface area contributed by atoms with E-state index in [1.807, 2.05) is 12.4 Å². The highest BCUT2D eigenvalue weighted by atomic mass is 79.9. The maximum absolute atomic E-state index is 4.20. The molecule has 1 fully saturated rings. The molecule has 0 aliphatic heterocycles. The second-order valence-electron chi connectivity index (χ2n) is 4.30. The van der Waals surface area contributed by atoms with Gasteiger partial charge in [-0.2, -0.15) is 0 Å². The number of pyridine rings is 1. The number of hydrogen-bond acceptors (Lipinski definition) is 2. The van der Waals surface area contributed by atoms with Gasteiger partial charge in [-0.15, -0.1) is 0 Å². The molecule has 1 atom stereocenters. The topological polar surface area (TPSA) is 24.9 Å². The lowest BCUT2D eigenvalue weighted by molar-refractivity contribution is 0.235. The van der Waals surface area contributed by atoms with Crippen LogP contribution >= 0.6 is 15.9 Å². The maximum Gasteiger partial charge on any atom is 0.0410 e. The predicted molar refractivity (Wildman–Crippen MR) is 65.8 cm³/mol. The first kappa shape index (κ1) is 11.1. The van der Waals surface area contributed by atoms with Gasteiger partial charge in [0, 0.05) is 22.9 Å². The van der Waals surface area contributed by atoms with Gasteiger partial charge in [0.05, 0.1) is 0 Å². The lowest BCUT2D eigenvalue weighted by Gasteiger charge is -2.33. The van der Waals surface area contributed by atoms with Crippen molar-refractivity contribution >= 4 is 15.9 Å². The normalized spacial score (nSPS) is 18.5. The fourth-order valence-corrected chi connectivity index (χ4v) is 2.58. The summed E-state index contributed by atoms with van der Waals surface area (Å²) in [7, 11) is 2.06. The van der Waals surface area contributed by atoms with Crippen LogP contribution in [0.2, 0.25) is 0 Å². The van der Waals surface area contributed by atoms with Crippen LogP contribution in [0.25, 0.3) is 0 Å². The fourth-order valence-electron chi connectivity index (χ4n) is 2.17. The molecule has 1 aromatic rings. The number of halogens is 1. The van der Waals surface area contributed by atoms with Gasteiger partial charge in [0.1, 0.15) is 0 Å². The van der Waals surface area contributed by atoms with Gasteiger partial charge >= 0.3 is 0 Å². The van der Waals surface area contributed by atoms with E-state index in [1.54, 1.807) is 0 Å². The summed E-state index contributed by atoms with van der Waals surface area (Å²) in [5, 5.41) is 3.43. The lowest BCUT2D eigenvalue weighted by Crippen LogP contribution is -2.39. The molecule has 0 amide bonds. The Morgan fingerprint density at radius 1 is 1.53 bits per heavy atom. The predicted octanol–water partition coefficient (Wildman–Crippen LogP) is 2.77. The summed E-state index contributed by atoms with van der Waals surface area (Å²) < 4.78 is 1.07. The average molecular weight is 269 g/mol. The molecule has 1 heterocycles. The third-order valence-corrected chi connectivity index (χ3v) is 3.74. The molecule has 0 bridgehead atoms. The van der Waals surface area contributed by atoms with Gasteiger partial charge in [-0.3, -0.25) is 4.98 Å². The number of nitrogens with one attached hydrogen (secondary N) is 1. The van der Waals surface area contributed by atoms with Crippen molar-refractivity contribution in [1.82, 2.24) is 10.3 Å². The zero-order valence-corrected chi connectivity index (χ0v) is 10.6. The molecule has 1 aliphatic carbocycles. The number of likely N-dealkylation sites (N-methyl/N-ethyl adjacent to an activating group) is 1. The summed E-state index contributed by atoms with van der Waals surface area (Å²) in [6.45, 7) is 0. The van der Waals surface area contributed by atoms with Crippen LogP contribution in [0.15, 0.2) is 22.9 Å². The molecule has 1 aromatic heterocycles. The summed E-state index contributed by atoms with van der Waals surface area (Å²) in [5.41, 5.74) is 1.32. The van der Waals surface area contributed by atoms with Crippen LogP contribution < -0.4 is 5.32 Å². The first-order valence-corrected chi connectivity index (χ1v) is 6.35. The van der Waals surface area contributed by atoms with Gasteiger partial charge in [0.2, 0.25) is 0 Å². The molecular formula is C12H17BrN2. The SMILES string of the molecule is CNC(Cc1cncc(Br)c1)C1CCC1. The maximum atomic E-state index is 4.20. The molecule has 2 rings (SSSR count). The highest BCUT2D eigenvalue weighted by molar-refractivity contribution is 9.10. The van der Waals surface area contributed by atoms with E-state index in [1.165, 1.54) is 24.8 Å². The van der Waals surface area contributed by atoms with Crippen molar-refractivity contribution in [2.75, 3.05) is 7.05 Å². The van der Waals surface area contributed by atoms with E-state index in [2.05, 4.69) is 39.3 Å². The largest absolute Gasteiger partial charge is 0.316 e. The Morgan fingerprint density at radius 2 is 2.33 bits per heavy atom. The van der Waals surface area contributed by atoms with Crippen LogP contribution in [0.1, 0.15) is 24.8 Å². The van der Waals surface area contributed by atoms with Gasteiger partial charge < -0.3 is 5.32 Å². The van der Waals surface area contributed by atoms with E-state index in [0.29, 0.717) is 6.04 Å². The quantitative estimate of drug-likeness (QED) is 0.909. The van der Waals surface area contributed by atoms with E-state index in [9.17, 15) is 0 Å². The Labute approximate surface area is 99.6 Å². The van der Waals surface area contributed by atoms with Gasteiger partial charge in [-0.25, -0.2) is 0 Å². The van der Waals surface area contributed by atoms with E-state index in [-0.39, 0.29) is 0 Å². The molecule has 82 valence electrons. The van der Waals surface area contributed by atoms with Crippen molar-refractivity contribution in [3.8, 4) is 0 Å². The molecule has 0 radical (unpaired) electrons. The first-order valence-electron chi connectivity index (χ1n) is 5.56. The molecule has 3 heteroatoms. The van der Waals surface area contributed by atoms with Crippen molar-refractivity contribution < 1.29 is 0 Å². The summed E-state index contributed by atoms with van der Waals surface area (Å²) in [6.07, 6.45) is 9.06. The average Bonchev–Trinajstić information content (AvgIpc) is 2.14. The lowest BCUT2D eigenvalue weighted by atomic mass is 9.78. The minimum atomic E-state index is 0.620. The van der Waals surface area contributed by atoms with Crippen LogP contribution in [-0.4, -0.2) is 18.1 Å². The third-order valence-electron chi connectivity index (χ3n) is 3.31. The molecule has 1 aliphatic rings. The van der Waals surface area contributed by atoms with E-state index in [4.69, 9.17) is 0 Å². The van der Waals surface area contributed by atoms with Crippen molar-refractivity contribution in [2.24, 2.45) is 5.92 Å². The van der Waals surface area contributed by atoms with E-state index < -0.39 is 0 Å². The third kappa shape index (κ3) is 2.79. The van der Waals surface area contributed by atoms with Crippen LogP contribution in [0.4, 0.5) is 0 Å². The molecule has 0 saturated heterocycles. The molecule has 2 nitrogen and oxygen atoms in total. The number of hydrogen-bond donors (Lipinski definition) is 1. The Bertz CT molecular complexity index is 323. The van der Waals surface area contributed by atoms with Crippen molar-refractivity contribution in [3.63, 3.8) is 0 Å². The zero-order chi connectivity index (χ0) is 10.7. The molecule has 0 aromatic carbocycles. The summed E-state index contributed by atoms with van der Waals surface area (Å²) in [6, 6.07) is 2.78. The summed E-state index contributed by atoms with van der Waals surface area (Å²) >= 11 is 3.46. The van der Waals surface area contributed by atoms with Crippen molar-refractivity contribution in [2.45, 2.75) is 31.7 Å². The first-order chi connectivity index (χ1) is 7.29. The van der Waals surface area contributed by atoms with E-state index >= 15 is 0 Å². The van der Waals surface area contributed by atoms with Crippen LogP contribution in [0.3, 0.4) is 0 Å².